The number of fused-ring (bicyclic) bond motifs is 3. The number of rotatable bonds is 8. The third-order valence-electron chi connectivity index (χ3n) is 10.8. The summed E-state index contributed by atoms with van der Waals surface area (Å²) in [5.41, 5.74) is 3.27. The van der Waals surface area contributed by atoms with Gasteiger partial charge in [-0.25, -0.2) is 26.3 Å². The van der Waals surface area contributed by atoms with Crippen LogP contribution in [-0.2, 0) is 22.4 Å². The zero-order valence-electron chi connectivity index (χ0n) is 31.9. The molecule has 3 N–H and O–H groups in total. The molecular weight excluding hydrogens is 761 g/mol. The Bertz CT molecular complexity index is 2510. The number of aryl methyl sites for hydroxylation is 1. The van der Waals surface area contributed by atoms with Gasteiger partial charge in [0, 0.05) is 70.2 Å². The Labute approximate surface area is 330 Å². The molecule has 0 saturated carbocycles. The topological polar surface area (TPSA) is 97.5 Å². The van der Waals surface area contributed by atoms with E-state index in [0.717, 1.165) is 56.0 Å². The minimum absolute atomic E-state index is 0.0433. The minimum Gasteiger partial charge on any atom is -0.358 e. The highest BCUT2D eigenvalue weighted by Gasteiger charge is 2.33. The summed E-state index contributed by atoms with van der Waals surface area (Å²) in [6, 6.07) is 12.2. The number of nitrogens with zero attached hydrogens (tertiary/aromatic N) is 2. The van der Waals surface area contributed by atoms with Crippen molar-refractivity contribution in [2.45, 2.75) is 40.0 Å². The smallest absolute Gasteiger partial charge is 0.256 e. The molecule has 8 nitrogen and oxygen atoms in total. The fraction of sp³-hybridized carbons (Fsp3) is 0.250. The van der Waals surface area contributed by atoms with Gasteiger partial charge in [-0.3, -0.25) is 14.4 Å². The molecule has 300 valence electrons. The number of carbonyl (C=O) groups excluding carboxylic acids is 3. The zero-order valence-corrected chi connectivity index (χ0v) is 31.9. The number of hydrogen-bond donors (Lipinski definition) is 3. The largest absolute Gasteiger partial charge is 0.358 e. The highest BCUT2D eigenvalue weighted by molar-refractivity contribution is 6.36. The zero-order chi connectivity index (χ0) is 41.4. The first-order valence-electron chi connectivity index (χ1n) is 18.9. The second-order valence-corrected chi connectivity index (χ2v) is 14.2. The number of benzene rings is 4. The van der Waals surface area contributed by atoms with Crippen molar-refractivity contribution in [2.24, 2.45) is 0 Å². The summed E-state index contributed by atoms with van der Waals surface area (Å²) in [7, 11) is 0. The van der Waals surface area contributed by atoms with Crippen LogP contribution in [0.4, 0.5) is 37.7 Å². The molecule has 14 heteroatoms. The Kier molecular flexibility index (Phi) is 11.3. The SMILES string of the molecule is CCN(CC)CCN1CCCc2[nH]c(/C=C3\C(=O)Nc4ccc(F)c(-c5cccc(F)c5F)c43)c(C)c2C1=O.O=C1Cc2c(ccc(F)c2-c2cccc(F)c2F)N1. The first-order chi connectivity index (χ1) is 27.8. The highest BCUT2D eigenvalue weighted by Crippen LogP contribution is 2.43. The standard InChI is InChI=1S/C30H31F3N4O2.C14H8F3NO/c1-4-36(5-2)14-15-37-13-7-10-22-25(30(37)39)17(3)24(34-22)16-19-27-23(35-29(19)38)12-11-20(31)26(27)18-8-6-9-21(32)28(18)33;15-9-4-5-11-8(6-12(19)18-11)13(9)7-2-1-3-10(16)14(7)17/h6,8-9,11-12,16,34H,4-5,7,10,13-15H2,1-3H3,(H,35,38);1-5H,6H2,(H,18,19)/b19-16-;. The summed E-state index contributed by atoms with van der Waals surface area (Å²) in [5.74, 6) is -6.78. The minimum atomic E-state index is -1.19. The number of H-pyrrole nitrogens is 1. The van der Waals surface area contributed by atoms with Gasteiger partial charge < -0.3 is 25.4 Å². The second kappa shape index (κ2) is 16.4. The van der Waals surface area contributed by atoms with Crippen LogP contribution < -0.4 is 10.6 Å². The van der Waals surface area contributed by atoms with Gasteiger partial charge in [-0.1, -0.05) is 38.1 Å². The predicted molar refractivity (Wildman–Crippen MR) is 210 cm³/mol. The van der Waals surface area contributed by atoms with Gasteiger partial charge in [0.15, 0.2) is 23.3 Å². The average Bonchev–Trinajstić information content (AvgIpc) is 3.81. The number of aromatic amines is 1. The van der Waals surface area contributed by atoms with Gasteiger partial charge in [-0.2, -0.15) is 0 Å². The molecule has 0 fully saturated rings. The maximum atomic E-state index is 15.1. The summed E-state index contributed by atoms with van der Waals surface area (Å²) in [6.45, 7) is 9.91. The van der Waals surface area contributed by atoms with Gasteiger partial charge >= 0.3 is 0 Å². The Morgan fingerprint density at radius 3 is 2.00 bits per heavy atom. The van der Waals surface area contributed by atoms with E-state index < -0.39 is 40.8 Å². The van der Waals surface area contributed by atoms with Crippen LogP contribution in [0.3, 0.4) is 0 Å². The first kappa shape index (κ1) is 40.1. The molecule has 1 aromatic heterocycles. The quantitative estimate of drug-likeness (QED) is 0.108. The Hall–Kier alpha value is -6.15. The van der Waals surface area contributed by atoms with Crippen LogP contribution in [0.2, 0.25) is 0 Å². The number of halogens is 6. The van der Waals surface area contributed by atoms with Crippen LogP contribution in [0.5, 0.6) is 0 Å². The molecule has 4 aromatic carbocycles. The molecule has 58 heavy (non-hydrogen) atoms. The Morgan fingerprint density at radius 1 is 0.724 bits per heavy atom. The van der Waals surface area contributed by atoms with Gasteiger partial charge in [-0.05, 0) is 86.5 Å². The van der Waals surface area contributed by atoms with E-state index in [2.05, 4.69) is 34.4 Å². The summed E-state index contributed by atoms with van der Waals surface area (Å²) in [4.78, 5) is 45.4. The Morgan fingerprint density at radius 2 is 1.34 bits per heavy atom. The molecule has 0 aliphatic carbocycles. The summed E-state index contributed by atoms with van der Waals surface area (Å²) < 4.78 is 84.9. The monoisotopic (exact) mass is 799 g/mol. The van der Waals surface area contributed by atoms with Crippen LogP contribution in [0, 0.1) is 41.8 Å². The number of amides is 3. The van der Waals surface area contributed by atoms with Gasteiger partial charge in [0.25, 0.3) is 11.8 Å². The fourth-order valence-electron chi connectivity index (χ4n) is 7.79. The van der Waals surface area contributed by atoms with E-state index in [4.69, 9.17) is 0 Å². The lowest BCUT2D eigenvalue weighted by Crippen LogP contribution is -2.38. The molecule has 0 radical (unpaired) electrons. The molecule has 0 saturated heterocycles. The summed E-state index contributed by atoms with van der Waals surface area (Å²) in [5, 5.41) is 5.25. The summed E-state index contributed by atoms with van der Waals surface area (Å²) >= 11 is 0. The number of carbonyl (C=O) groups is 3. The number of hydrogen-bond acceptors (Lipinski definition) is 4. The van der Waals surface area contributed by atoms with E-state index in [1.807, 2.05) is 11.8 Å². The van der Waals surface area contributed by atoms with Gasteiger partial charge in [0.05, 0.1) is 17.6 Å². The molecule has 0 spiro atoms. The number of aromatic nitrogens is 1. The maximum Gasteiger partial charge on any atom is 0.256 e. The number of nitrogens with one attached hydrogen (secondary N) is 3. The lowest BCUT2D eigenvalue weighted by atomic mass is 9.93. The highest BCUT2D eigenvalue weighted by atomic mass is 19.2. The molecule has 8 rings (SSSR count). The van der Waals surface area contributed by atoms with Crippen molar-refractivity contribution in [3.8, 4) is 22.3 Å². The van der Waals surface area contributed by atoms with E-state index in [1.165, 1.54) is 36.4 Å². The van der Waals surface area contributed by atoms with Crippen LogP contribution in [0.25, 0.3) is 33.9 Å². The molecule has 4 heterocycles. The number of anilines is 2. The molecule has 3 aliphatic heterocycles. The molecule has 3 amide bonds. The van der Waals surface area contributed by atoms with Gasteiger partial charge in [0.1, 0.15) is 11.6 Å². The predicted octanol–water partition coefficient (Wildman–Crippen LogP) is 8.90. The van der Waals surface area contributed by atoms with E-state index >= 15 is 4.39 Å². The molecule has 3 aliphatic rings. The van der Waals surface area contributed by atoms with Gasteiger partial charge in [-0.15, -0.1) is 0 Å². The molecule has 5 aromatic rings. The van der Waals surface area contributed by atoms with Crippen molar-refractivity contribution < 1.29 is 40.7 Å². The van der Waals surface area contributed by atoms with Crippen molar-refractivity contribution in [1.29, 1.82) is 0 Å². The average molecular weight is 800 g/mol. The summed E-state index contributed by atoms with van der Waals surface area (Å²) in [6.07, 6.45) is 2.99. The van der Waals surface area contributed by atoms with E-state index in [9.17, 15) is 36.3 Å². The normalized spacial score (nSPS) is 15.2. The molecule has 0 atom stereocenters. The van der Waals surface area contributed by atoms with E-state index in [1.54, 1.807) is 6.08 Å². The lowest BCUT2D eigenvalue weighted by molar-refractivity contribution is -0.115. The molecule has 0 bridgehead atoms. The first-order valence-corrected chi connectivity index (χ1v) is 18.9. The van der Waals surface area contributed by atoms with Crippen LogP contribution in [0.15, 0.2) is 60.7 Å². The molecular formula is C44H39F6N5O3. The number of likely N-dealkylation sites (N-methyl/N-ethyl adjacent to an activating group) is 1. The maximum absolute atomic E-state index is 15.1. The third kappa shape index (κ3) is 7.39. The van der Waals surface area contributed by atoms with Gasteiger partial charge in [0.2, 0.25) is 5.91 Å². The molecule has 0 unspecified atom stereocenters. The van der Waals surface area contributed by atoms with Crippen molar-refractivity contribution in [1.82, 2.24) is 14.8 Å². The lowest BCUT2D eigenvalue weighted by Gasteiger charge is -2.25. The van der Waals surface area contributed by atoms with Crippen LogP contribution >= 0.6 is 0 Å². The van der Waals surface area contributed by atoms with Crippen molar-refractivity contribution in [2.75, 3.05) is 43.4 Å². The third-order valence-corrected chi connectivity index (χ3v) is 10.8. The Balaban J connectivity index is 0.000000224. The van der Waals surface area contributed by atoms with Crippen LogP contribution in [0.1, 0.15) is 58.7 Å². The van der Waals surface area contributed by atoms with Crippen molar-refractivity contribution in [3.63, 3.8) is 0 Å². The van der Waals surface area contributed by atoms with Crippen molar-refractivity contribution in [3.05, 3.63) is 129 Å². The fourth-order valence-corrected chi connectivity index (χ4v) is 7.79. The van der Waals surface area contributed by atoms with Crippen molar-refractivity contribution >= 4 is 40.7 Å². The second-order valence-electron chi connectivity index (χ2n) is 14.2. The van der Waals surface area contributed by atoms with Crippen LogP contribution in [-0.4, -0.2) is 65.2 Å². The van der Waals surface area contributed by atoms with E-state index in [0.29, 0.717) is 53.3 Å². The van der Waals surface area contributed by atoms with E-state index in [-0.39, 0.29) is 51.6 Å².